The maximum atomic E-state index is 12.6. The Bertz CT molecular complexity index is 720. The van der Waals surface area contributed by atoms with Crippen LogP contribution in [-0.2, 0) is 19.1 Å². The van der Waals surface area contributed by atoms with Crippen LogP contribution in [0.5, 0.6) is 0 Å². The molecule has 1 saturated heterocycles. The number of carbonyl (C=O) groups excluding carboxylic acids is 4. The first kappa shape index (κ1) is 21.6. The van der Waals surface area contributed by atoms with Crippen molar-refractivity contribution in [2.24, 2.45) is 5.92 Å². The number of ether oxygens (including phenoxy) is 1. The summed E-state index contributed by atoms with van der Waals surface area (Å²) in [5, 5.41) is 2.59. The number of urea groups is 1. The summed E-state index contributed by atoms with van der Waals surface area (Å²) in [5.41, 5.74) is 0.724. The lowest BCUT2D eigenvalue weighted by Crippen LogP contribution is -2.42. The van der Waals surface area contributed by atoms with Gasteiger partial charge >= 0.3 is 17.8 Å². The largest absolute Gasteiger partial charge is 0.380 e. The van der Waals surface area contributed by atoms with E-state index in [1.165, 1.54) is 0 Å². The molecule has 1 aliphatic heterocycles. The first-order valence-electron chi connectivity index (χ1n) is 9.41. The molecule has 1 unspecified atom stereocenters. The van der Waals surface area contributed by atoms with Crippen LogP contribution in [0.4, 0.5) is 4.79 Å². The minimum atomic E-state index is -0.990. The van der Waals surface area contributed by atoms with E-state index in [9.17, 15) is 19.2 Å². The summed E-state index contributed by atoms with van der Waals surface area (Å²) in [7, 11) is 0. The van der Waals surface area contributed by atoms with Gasteiger partial charge in [0.15, 0.2) is 0 Å². The lowest BCUT2D eigenvalue weighted by Gasteiger charge is -2.22. The van der Waals surface area contributed by atoms with Gasteiger partial charge in [0.05, 0.1) is 12.6 Å². The van der Waals surface area contributed by atoms with Crippen molar-refractivity contribution in [1.82, 2.24) is 15.1 Å². The third-order valence-electron chi connectivity index (χ3n) is 4.46. The second-order valence-corrected chi connectivity index (χ2v) is 7.08. The molecule has 0 bridgehead atoms. The Labute approximate surface area is 164 Å². The fraction of sp³-hybridized carbons (Fsp3) is 0.500. The van der Waals surface area contributed by atoms with Gasteiger partial charge in [0.1, 0.15) is 6.54 Å². The monoisotopic (exact) mass is 389 g/mol. The molecule has 1 aliphatic rings. The number of nitrogens with zero attached hydrogens (tertiary/aromatic N) is 2. The molecule has 8 heteroatoms. The molecule has 2 rings (SSSR count). The van der Waals surface area contributed by atoms with Crippen LogP contribution in [0, 0.1) is 5.92 Å². The van der Waals surface area contributed by atoms with Crippen LogP contribution in [0.25, 0.3) is 0 Å². The van der Waals surface area contributed by atoms with Gasteiger partial charge in [-0.3, -0.25) is 14.4 Å². The summed E-state index contributed by atoms with van der Waals surface area (Å²) in [6.45, 7) is 6.58. The molecule has 0 spiro atoms. The number of amides is 5. The van der Waals surface area contributed by atoms with Gasteiger partial charge in [-0.05, 0) is 24.8 Å². The predicted molar refractivity (Wildman–Crippen MR) is 102 cm³/mol. The van der Waals surface area contributed by atoms with Gasteiger partial charge in [0.25, 0.3) is 0 Å². The van der Waals surface area contributed by atoms with E-state index >= 15 is 0 Å². The molecule has 1 atom stereocenters. The predicted octanol–water partition coefficient (Wildman–Crippen LogP) is 1.72. The van der Waals surface area contributed by atoms with Crippen LogP contribution in [-0.4, -0.2) is 59.9 Å². The molecular weight excluding hydrogens is 362 g/mol. The number of benzene rings is 1. The number of rotatable bonds is 10. The molecule has 1 aromatic carbocycles. The molecular formula is C20H27N3O5. The Morgan fingerprint density at radius 2 is 1.71 bits per heavy atom. The molecule has 0 aromatic heterocycles. The Morgan fingerprint density at radius 1 is 1.04 bits per heavy atom. The van der Waals surface area contributed by atoms with Crippen molar-refractivity contribution in [3.63, 3.8) is 0 Å². The molecule has 8 nitrogen and oxygen atoms in total. The van der Waals surface area contributed by atoms with Crippen LogP contribution in [0.3, 0.4) is 0 Å². The van der Waals surface area contributed by atoms with E-state index in [1.807, 2.05) is 6.07 Å². The van der Waals surface area contributed by atoms with Crippen molar-refractivity contribution >= 4 is 23.8 Å². The fourth-order valence-corrected chi connectivity index (χ4v) is 2.77. The fourth-order valence-electron chi connectivity index (χ4n) is 2.77. The summed E-state index contributed by atoms with van der Waals surface area (Å²) in [5.74, 6) is -1.89. The highest BCUT2D eigenvalue weighted by atomic mass is 16.5. The molecule has 28 heavy (non-hydrogen) atoms. The van der Waals surface area contributed by atoms with E-state index in [-0.39, 0.29) is 6.54 Å². The quantitative estimate of drug-likeness (QED) is 0.373. The molecule has 0 aliphatic carbocycles. The van der Waals surface area contributed by atoms with Crippen LogP contribution in [0.2, 0.25) is 0 Å². The zero-order chi connectivity index (χ0) is 20.7. The van der Waals surface area contributed by atoms with Crippen LogP contribution < -0.4 is 5.32 Å². The maximum absolute atomic E-state index is 12.6. The van der Waals surface area contributed by atoms with E-state index in [4.69, 9.17) is 4.74 Å². The lowest BCUT2D eigenvalue weighted by molar-refractivity contribution is -0.144. The SMILES string of the molecule is CC(C)CCOCCNC(=O)CN1C(=O)C(=O)N(C(C)c2ccccc2)C1=O. The smallest absolute Gasteiger partial charge is 0.335 e. The van der Waals surface area contributed by atoms with Gasteiger partial charge in [-0.1, -0.05) is 44.2 Å². The molecule has 0 saturated carbocycles. The number of hydrogen-bond donors (Lipinski definition) is 1. The van der Waals surface area contributed by atoms with Gasteiger partial charge < -0.3 is 10.1 Å². The highest BCUT2D eigenvalue weighted by molar-refractivity contribution is 6.45. The van der Waals surface area contributed by atoms with E-state index in [0.717, 1.165) is 16.9 Å². The van der Waals surface area contributed by atoms with Crippen molar-refractivity contribution in [1.29, 1.82) is 0 Å². The zero-order valence-electron chi connectivity index (χ0n) is 16.5. The Hall–Kier alpha value is -2.74. The molecule has 152 valence electrons. The molecule has 1 heterocycles. The number of imide groups is 2. The van der Waals surface area contributed by atoms with Gasteiger partial charge in [-0.15, -0.1) is 0 Å². The number of nitrogens with one attached hydrogen (secondary N) is 1. The van der Waals surface area contributed by atoms with Crippen molar-refractivity contribution in [2.45, 2.75) is 33.2 Å². The minimum absolute atomic E-state index is 0.269. The number of hydrogen-bond acceptors (Lipinski definition) is 5. The second-order valence-electron chi connectivity index (χ2n) is 7.08. The first-order chi connectivity index (χ1) is 13.3. The standard InChI is InChI=1S/C20H27N3O5/c1-14(2)9-11-28-12-10-21-17(24)13-22-18(25)19(26)23(20(22)27)15(3)16-7-5-4-6-8-16/h4-8,14-15H,9-13H2,1-3H3,(H,21,24). The van der Waals surface area contributed by atoms with Crippen LogP contribution in [0.15, 0.2) is 30.3 Å². The van der Waals surface area contributed by atoms with Gasteiger partial charge in [0, 0.05) is 13.2 Å². The Balaban J connectivity index is 1.87. The summed E-state index contributed by atoms with van der Waals surface area (Å²) in [6, 6.07) is 7.54. The van der Waals surface area contributed by atoms with Crippen LogP contribution in [0.1, 0.15) is 38.8 Å². The first-order valence-corrected chi connectivity index (χ1v) is 9.41. The number of carbonyl (C=O) groups is 4. The van der Waals surface area contributed by atoms with Crippen molar-refractivity contribution in [3.05, 3.63) is 35.9 Å². The molecule has 1 fully saturated rings. The van der Waals surface area contributed by atoms with E-state index in [1.54, 1.807) is 31.2 Å². The summed E-state index contributed by atoms with van der Waals surface area (Å²) in [4.78, 5) is 50.6. The average Bonchev–Trinajstić information content (AvgIpc) is 2.88. The topological polar surface area (TPSA) is 96.0 Å². The van der Waals surface area contributed by atoms with Gasteiger partial charge in [0.2, 0.25) is 5.91 Å². The van der Waals surface area contributed by atoms with Crippen molar-refractivity contribution in [2.75, 3.05) is 26.3 Å². The molecule has 1 N–H and O–H groups in total. The zero-order valence-corrected chi connectivity index (χ0v) is 16.5. The minimum Gasteiger partial charge on any atom is -0.380 e. The summed E-state index contributed by atoms with van der Waals surface area (Å²) in [6.07, 6.45) is 0.933. The summed E-state index contributed by atoms with van der Waals surface area (Å²) >= 11 is 0. The van der Waals surface area contributed by atoms with E-state index in [0.29, 0.717) is 24.0 Å². The lowest BCUT2D eigenvalue weighted by atomic mass is 10.1. The van der Waals surface area contributed by atoms with E-state index < -0.39 is 36.3 Å². The van der Waals surface area contributed by atoms with Gasteiger partial charge in [-0.2, -0.15) is 0 Å². The maximum Gasteiger partial charge on any atom is 0.335 e. The third kappa shape index (κ3) is 5.39. The average molecular weight is 389 g/mol. The Kier molecular flexibility index (Phi) is 7.69. The van der Waals surface area contributed by atoms with Crippen molar-refractivity contribution in [3.8, 4) is 0 Å². The van der Waals surface area contributed by atoms with Crippen LogP contribution >= 0.6 is 0 Å². The molecule has 0 radical (unpaired) electrons. The summed E-state index contributed by atoms with van der Waals surface area (Å²) < 4.78 is 5.40. The van der Waals surface area contributed by atoms with Crippen molar-refractivity contribution < 1.29 is 23.9 Å². The van der Waals surface area contributed by atoms with Gasteiger partial charge in [-0.25, -0.2) is 14.6 Å². The Morgan fingerprint density at radius 3 is 2.36 bits per heavy atom. The highest BCUT2D eigenvalue weighted by Gasteiger charge is 2.47. The normalized spacial score (nSPS) is 15.5. The highest BCUT2D eigenvalue weighted by Crippen LogP contribution is 2.25. The molecule has 5 amide bonds. The third-order valence-corrected chi connectivity index (χ3v) is 4.46. The van der Waals surface area contributed by atoms with E-state index in [2.05, 4.69) is 19.2 Å². The molecule has 1 aromatic rings. The second kappa shape index (κ2) is 9.98.